The second-order valence-electron chi connectivity index (χ2n) is 4.23. The summed E-state index contributed by atoms with van der Waals surface area (Å²) in [6, 6.07) is 5.81. The fraction of sp³-hybridized carbons (Fsp3) is 0.571. The van der Waals surface area contributed by atoms with E-state index in [1.807, 2.05) is 25.1 Å². The van der Waals surface area contributed by atoms with Crippen molar-refractivity contribution in [3.63, 3.8) is 0 Å². The Kier molecular flexibility index (Phi) is 5.47. The van der Waals surface area contributed by atoms with Crippen LogP contribution in [0.2, 0.25) is 0 Å². The van der Waals surface area contributed by atoms with Crippen LogP contribution in [0.4, 0.5) is 4.39 Å². The van der Waals surface area contributed by atoms with Crippen LogP contribution in [0.15, 0.2) is 18.2 Å². The number of hydrogen-bond acceptors (Lipinski definition) is 1. The Balaban J connectivity index is 2.86. The third-order valence-corrected chi connectivity index (χ3v) is 2.89. The van der Waals surface area contributed by atoms with Gasteiger partial charge in [0.25, 0.3) is 0 Å². The first-order chi connectivity index (χ1) is 7.70. The average molecular weight is 223 g/mol. The quantitative estimate of drug-likeness (QED) is 0.769. The molecule has 1 unspecified atom stereocenters. The van der Waals surface area contributed by atoms with Gasteiger partial charge in [0, 0.05) is 11.6 Å². The maximum Gasteiger partial charge on any atom is 0.130 e. The van der Waals surface area contributed by atoms with E-state index >= 15 is 0 Å². The largest absolute Gasteiger partial charge is 0.310 e. The van der Waals surface area contributed by atoms with Gasteiger partial charge in [-0.1, -0.05) is 44.9 Å². The Bertz CT molecular complexity index is 323. The van der Waals surface area contributed by atoms with Gasteiger partial charge in [-0.15, -0.1) is 0 Å². The predicted octanol–water partition coefficient (Wildman–Crippen LogP) is 3.97. The molecule has 0 saturated heterocycles. The zero-order valence-electron chi connectivity index (χ0n) is 10.5. The molecule has 1 N–H and O–H groups in total. The normalized spacial score (nSPS) is 12.8. The van der Waals surface area contributed by atoms with Crippen LogP contribution in [0.1, 0.15) is 50.3 Å². The summed E-state index contributed by atoms with van der Waals surface area (Å²) in [7, 11) is 0. The van der Waals surface area contributed by atoms with Crippen molar-refractivity contribution in [3.8, 4) is 0 Å². The van der Waals surface area contributed by atoms with Gasteiger partial charge in [0.1, 0.15) is 5.82 Å². The van der Waals surface area contributed by atoms with Crippen LogP contribution >= 0.6 is 0 Å². The highest BCUT2D eigenvalue weighted by Gasteiger charge is 2.14. The van der Waals surface area contributed by atoms with Gasteiger partial charge in [-0.05, 0) is 25.5 Å². The molecule has 0 spiro atoms. The summed E-state index contributed by atoms with van der Waals surface area (Å²) in [5, 5.41) is 3.36. The topological polar surface area (TPSA) is 12.0 Å². The van der Waals surface area contributed by atoms with Crippen molar-refractivity contribution in [1.82, 2.24) is 5.32 Å². The second kappa shape index (κ2) is 6.64. The van der Waals surface area contributed by atoms with Gasteiger partial charge in [0.2, 0.25) is 0 Å². The monoisotopic (exact) mass is 223 g/mol. The van der Waals surface area contributed by atoms with Crippen LogP contribution in [0.5, 0.6) is 0 Å². The van der Waals surface area contributed by atoms with Crippen LogP contribution in [0, 0.1) is 12.7 Å². The summed E-state index contributed by atoms with van der Waals surface area (Å²) >= 11 is 0. The molecule has 0 heterocycles. The first kappa shape index (κ1) is 13.2. The van der Waals surface area contributed by atoms with Crippen LogP contribution in [0.25, 0.3) is 0 Å². The fourth-order valence-electron chi connectivity index (χ4n) is 1.96. The van der Waals surface area contributed by atoms with E-state index in [-0.39, 0.29) is 11.9 Å². The Morgan fingerprint density at radius 1 is 1.31 bits per heavy atom. The molecule has 0 fully saturated rings. The minimum atomic E-state index is -0.0513. The molecule has 0 aromatic heterocycles. The lowest BCUT2D eigenvalue weighted by Crippen LogP contribution is -2.22. The van der Waals surface area contributed by atoms with Gasteiger partial charge < -0.3 is 5.32 Å². The Morgan fingerprint density at radius 2 is 2.06 bits per heavy atom. The molecule has 1 aromatic carbocycles. The summed E-state index contributed by atoms with van der Waals surface area (Å²) in [4.78, 5) is 0. The summed E-state index contributed by atoms with van der Waals surface area (Å²) in [6.07, 6.45) is 3.28. The lowest BCUT2D eigenvalue weighted by molar-refractivity contribution is 0.468. The maximum absolute atomic E-state index is 14.0. The molecule has 0 amide bonds. The predicted molar refractivity (Wildman–Crippen MR) is 67.1 cm³/mol. The molecular weight excluding hydrogens is 201 g/mol. The van der Waals surface area contributed by atoms with Gasteiger partial charge in [-0.25, -0.2) is 4.39 Å². The third kappa shape index (κ3) is 3.31. The number of hydrogen-bond donors (Lipinski definition) is 1. The van der Waals surface area contributed by atoms with Crippen molar-refractivity contribution in [2.75, 3.05) is 6.54 Å². The molecule has 1 atom stereocenters. The van der Waals surface area contributed by atoms with E-state index in [0.717, 1.165) is 36.9 Å². The van der Waals surface area contributed by atoms with Gasteiger partial charge in [0.05, 0.1) is 0 Å². The number of aryl methyl sites for hydroxylation is 1. The highest BCUT2D eigenvalue weighted by Crippen LogP contribution is 2.23. The third-order valence-electron chi connectivity index (χ3n) is 2.89. The first-order valence-corrected chi connectivity index (χ1v) is 6.19. The van der Waals surface area contributed by atoms with Crippen molar-refractivity contribution < 1.29 is 4.39 Å². The average Bonchev–Trinajstić information content (AvgIpc) is 2.28. The fourth-order valence-corrected chi connectivity index (χ4v) is 1.96. The SMILES string of the molecule is CCCCC(NCC)c1cccc(C)c1F. The molecule has 0 aliphatic rings. The van der Waals surface area contributed by atoms with E-state index in [9.17, 15) is 4.39 Å². The van der Waals surface area contributed by atoms with Gasteiger partial charge in [-0.3, -0.25) is 0 Å². The smallest absolute Gasteiger partial charge is 0.130 e. The van der Waals surface area contributed by atoms with E-state index in [4.69, 9.17) is 0 Å². The van der Waals surface area contributed by atoms with Crippen LogP contribution < -0.4 is 5.32 Å². The maximum atomic E-state index is 14.0. The minimum Gasteiger partial charge on any atom is -0.310 e. The molecule has 1 nitrogen and oxygen atoms in total. The van der Waals surface area contributed by atoms with Crippen molar-refractivity contribution in [1.29, 1.82) is 0 Å². The van der Waals surface area contributed by atoms with Gasteiger partial charge >= 0.3 is 0 Å². The lowest BCUT2D eigenvalue weighted by Gasteiger charge is -2.19. The van der Waals surface area contributed by atoms with E-state index in [0.29, 0.717) is 0 Å². The van der Waals surface area contributed by atoms with Crippen molar-refractivity contribution in [3.05, 3.63) is 35.1 Å². The van der Waals surface area contributed by atoms with Crippen molar-refractivity contribution in [2.45, 2.75) is 46.1 Å². The lowest BCUT2D eigenvalue weighted by atomic mass is 9.98. The molecule has 0 radical (unpaired) electrons. The highest BCUT2D eigenvalue weighted by atomic mass is 19.1. The molecule has 1 aromatic rings. The summed E-state index contributed by atoms with van der Waals surface area (Å²) in [5.74, 6) is -0.0513. The highest BCUT2D eigenvalue weighted by molar-refractivity contribution is 5.27. The van der Waals surface area contributed by atoms with Crippen LogP contribution in [-0.4, -0.2) is 6.54 Å². The summed E-state index contributed by atoms with van der Waals surface area (Å²) in [6.45, 7) is 6.92. The number of unbranched alkanes of at least 4 members (excludes halogenated alkanes) is 1. The molecule has 0 aliphatic heterocycles. The van der Waals surface area contributed by atoms with Crippen LogP contribution in [-0.2, 0) is 0 Å². The molecular formula is C14H22FN. The standard InChI is InChI=1S/C14H22FN/c1-4-6-10-13(16-5-2)12-9-7-8-11(3)14(12)15/h7-9,13,16H,4-6,10H2,1-3H3. The molecule has 2 heteroatoms. The second-order valence-corrected chi connectivity index (χ2v) is 4.23. The Morgan fingerprint density at radius 3 is 2.69 bits per heavy atom. The molecule has 0 aliphatic carbocycles. The number of nitrogens with one attached hydrogen (secondary N) is 1. The minimum absolute atomic E-state index is 0.0513. The summed E-state index contributed by atoms with van der Waals surface area (Å²) < 4.78 is 14.0. The van der Waals surface area contributed by atoms with Crippen LogP contribution in [0.3, 0.4) is 0 Å². The van der Waals surface area contributed by atoms with Gasteiger partial charge in [0.15, 0.2) is 0 Å². The van der Waals surface area contributed by atoms with Gasteiger partial charge in [-0.2, -0.15) is 0 Å². The first-order valence-electron chi connectivity index (χ1n) is 6.19. The van der Waals surface area contributed by atoms with Crippen molar-refractivity contribution in [2.24, 2.45) is 0 Å². The van der Waals surface area contributed by atoms with E-state index in [1.54, 1.807) is 0 Å². The zero-order chi connectivity index (χ0) is 12.0. The number of halogens is 1. The van der Waals surface area contributed by atoms with Crippen molar-refractivity contribution >= 4 is 0 Å². The van der Waals surface area contributed by atoms with E-state index in [1.165, 1.54) is 0 Å². The van der Waals surface area contributed by atoms with E-state index < -0.39 is 0 Å². The molecule has 1 rings (SSSR count). The summed E-state index contributed by atoms with van der Waals surface area (Å²) in [5.41, 5.74) is 1.55. The number of rotatable bonds is 6. The molecule has 16 heavy (non-hydrogen) atoms. The molecule has 0 saturated carbocycles. The molecule has 0 bridgehead atoms. The number of benzene rings is 1. The van der Waals surface area contributed by atoms with E-state index in [2.05, 4.69) is 19.2 Å². The zero-order valence-corrected chi connectivity index (χ0v) is 10.5. The Labute approximate surface area is 98.1 Å². The molecule has 90 valence electrons. The Hall–Kier alpha value is -0.890.